The highest BCUT2D eigenvalue weighted by Gasteiger charge is 2.35. The molecule has 2 unspecified atom stereocenters. The molecule has 0 aromatic heterocycles. The molecule has 3 aromatic carbocycles. The summed E-state index contributed by atoms with van der Waals surface area (Å²) in [6, 6.07) is 26.7. The van der Waals surface area contributed by atoms with Crippen LogP contribution in [0.5, 0.6) is 0 Å². The van der Waals surface area contributed by atoms with Crippen LogP contribution in [0.3, 0.4) is 0 Å². The maximum atomic E-state index is 7.33. The van der Waals surface area contributed by atoms with Gasteiger partial charge in [0, 0.05) is 10.6 Å². The molecule has 26 heavy (non-hydrogen) atoms. The largest absolute Gasteiger partial charge is 0.121 e. The third-order valence-corrected chi connectivity index (χ3v) is 5.99. The second-order valence-electron chi connectivity index (χ2n) is 6.82. The Bertz CT molecular complexity index is 840. The Labute approximate surface area is 166 Å². The Morgan fingerprint density at radius 1 is 0.808 bits per heavy atom. The van der Waals surface area contributed by atoms with E-state index in [-0.39, 0.29) is 0 Å². The molecule has 0 aliphatic rings. The maximum Gasteiger partial charge on any atom is 0.121 e. The van der Waals surface area contributed by atoms with E-state index in [0.717, 1.165) is 16.7 Å². The minimum absolute atomic E-state index is 0.552. The summed E-state index contributed by atoms with van der Waals surface area (Å²) in [5, 5.41) is 0.676. The average molecular weight is 383 g/mol. The number of hydrogen-bond acceptors (Lipinski definition) is 0. The lowest BCUT2D eigenvalue weighted by Gasteiger charge is -2.30. The van der Waals surface area contributed by atoms with Gasteiger partial charge >= 0.3 is 0 Å². The van der Waals surface area contributed by atoms with Crippen LogP contribution in [0.4, 0.5) is 0 Å². The van der Waals surface area contributed by atoms with Crippen molar-refractivity contribution in [2.24, 2.45) is 0 Å². The molecular weight excluding hydrogens is 359 g/mol. The predicted molar refractivity (Wildman–Crippen MR) is 113 cm³/mol. The number of hydrogen-bond donors (Lipinski definition) is 0. The zero-order valence-corrected chi connectivity index (χ0v) is 16.8. The topological polar surface area (TPSA) is 0 Å². The minimum atomic E-state index is -0.813. The Kier molecular flexibility index (Phi) is 6.06. The number of rotatable bonds is 6. The fourth-order valence-electron chi connectivity index (χ4n) is 3.53. The lowest BCUT2D eigenvalue weighted by Crippen LogP contribution is -2.22. The smallest absolute Gasteiger partial charge is 0.103 e. The van der Waals surface area contributed by atoms with Gasteiger partial charge in [-0.25, -0.2) is 0 Å². The molecule has 0 aliphatic heterocycles. The van der Waals surface area contributed by atoms with Crippen molar-refractivity contribution in [1.29, 1.82) is 0 Å². The van der Waals surface area contributed by atoms with Gasteiger partial charge < -0.3 is 0 Å². The van der Waals surface area contributed by atoms with Gasteiger partial charge in [0.05, 0.1) is 0 Å². The molecule has 134 valence electrons. The summed E-state index contributed by atoms with van der Waals surface area (Å²) in [7, 11) is 0. The second kappa shape index (κ2) is 8.29. The third-order valence-electron chi connectivity index (χ3n) is 5.02. The molecule has 0 radical (unpaired) electrons. The van der Waals surface area contributed by atoms with Gasteiger partial charge in [0.1, 0.15) is 4.87 Å². The van der Waals surface area contributed by atoms with Crippen LogP contribution in [0.1, 0.15) is 54.9 Å². The summed E-state index contributed by atoms with van der Waals surface area (Å²) < 4.78 is 0. The molecule has 0 bridgehead atoms. The summed E-state index contributed by atoms with van der Waals surface area (Å²) in [6.45, 7) is 4.50. The molecule has 3 rings (SSSR count). The van der Waals surface area contributed by atoms with E-state index in [0.29, 0.717) is 10.9 Å². The molecule has 0 aliphatic carbocycles. The molecule has 0 N–H and O–H groups in total. The summed E-state index contributed by atoms with van der Waals surface area (Å²) in [5.74, 6) is 0.552. The number of benzene rings is 3. The SMILES string of the molecule is CCCC(C)c1ccc(C(Cl)(c2ccccc2)c2ccccc2Cl)cc1. The van der Waals surface area contributed by atoms with Gasteiger partial charge in [-0.1, -0.05) is 105 Å². The van der Waals surface area contributed by atoms with E-state index in [9.17, 15) is 0 Å². The standard InChI is InChI=1S/C24H24Cl2/c1-3-9-18(2)19-14-16-21(17-15-19)24(26,20-10-5-4-6-11-20)22-12-7-8-13-23(22)25/h4-8,10-18H,3,9H2,1-2H3. The third kappa shape index (κ3) is 3.68. The second-order valence-corrected chi connectivity index (χ2v) is 7.79. The highest BCUT2D eigenvalue weighted by atomic mass is 35.5. The summed E-state index contributed by atoms with van der Waals surface area (Å²) in [5.41, 5.74) is 4.31. The normalized spacial score (nSPS) is 14.6. The van der Waals surface area contributed by atoms with Gasteiger partial charge in [-0.05, 0) is 35.1 Å². The minimum Gasteiger partial charge on any atom is -0.103 e. The van der Waals surface area contributed by atoms with Crippen molar-refractivity contribution < 1.29 is 0 Å². The Hall–Kier alpha value is -1.76. The molecule has 0 spiro atoms. The highest BCUT2D eigenvalue weighted by molar-refractivity contribution is 6.34. The van der Waals surface area contributed by atoms with Gasteiger partial charge in [0.2, 0.25) is 0 Å². The fraction of sp³-hybridized carbons (Fsp3) is 0.250. The molecule has 0 fully saturated rings. The molecule has 0 saturated carbocycles. The van der Waals surface area contributed by atoms with E-state index < -0.39 is 4.87 Å². The molecular formula is C24H24Cl2. The van der Waals surface area contributed by atoms with Gasteiger partial charge in [0.15, 0.2) is 0 Å². The number of halogens is 2. The van der Waals surface area contributed by atoms with Crippen molar-refractivity contribution in [3.05, 3.63) is 106 Å². The lowest BCUT2D eigenvalue weighted by atomic mass is 9.83. The van der Waals surface area contributed by atoms with Crippen LogP contribution in [0, 0.1) is 0 Å². The molecule has 0 amide bonds. The quantitative estimate of drug-likeness (QED) is 0.301. The zero-order valence-electron chi connectivity index (χ0n) is 15.3. The van der Waals surface area contributed by atoms with Crippen LogP contribution in [-0.2, 0) is 4.87 Å². The molecule has 0 saturated heterocycles. The summed E-state index contributed by atoms with van der Waals surface area (Å²) >= 11 is 13.9. The predicted octanol–water partition coefficient (Wildman–Crippen LogP) is 7.77. The molecule has 2 heteroatoms. The lowest BCUT2D eigenvalue weighted by molar-refractivity contribution is 0.664. The van der Waals surface area contributed by atoms with E-state index in [4.69, 9.17) is 23.2 Å². The van der Waals surface area contributed by atoms with Crippen molar-refractivity contribution in [3.8, 4) is 0 Å². The molecule has 0 nitrogen and oxygen atoms in total. The van der Waals surface area contributed by atoms with Gasteiger partial charge in [0.25, 0.3) is 0 Å². The van der Waals surface area contributed by atoms with E-state index >= 15 is 0 Å². The summed E-state index contributed by atoms with van der Waals surface area (Å²) in [4.78, 5) is -0.813. The van der Waals surface area contributed by atoms with Crippen LogP contribution < -0.4 is 0 Å². The van der Waals surface area contributed by atoms with E-state index in [1.54, 1.807) is 0 Å². The van der Waals surface area contributed by atoms with Gasteiger partial charge in [-0.3, -0.25) is 0 Å². The van der Waals surface area contributed by atoms with Gasteiger partial charge in [-0.15, -0.1) is 11.6 Å². The van der Waals surface area contributed by atoms with Crippen LogP contribution >= 0.6 is 23.2 Å². The molecule has 0 heterocycles. The summed E-state index contributed by atoms with van der Waals surface area (Å²) in [6.07, 6.45) is 2.38. The van der Waals surface area contributed by atoms with E-state index in [2.05, 4.69) is 50.2 Å². The Morgan fingerprint density at radius 3 is 2.00 bits per heavy atom. The monoisotopic (exact) mass is 382 g/mol. The van der Waals surface area contributed by atoms with E-state index in [1.165, 1.54) is 18.4 Å². The van der Waals surface area contributed by atoms with Crippen LogP contribution in [0.25, 0.3) is 0 Å². The molecule has 2 atom stereocenters. The first-order valence-corrected chi connectivity index (χ1v) is 9.92. The first-order chi connectivity index (χ1) is 12.6. The first-order valence-electron chi connectivity index (χ1n) is 9.17. The van der Waals surface area contributed by atoms with Crippen LogP contribution in [0.15, 0.2) is 78.9 Å². The number of alkyl halides is 1. The van der Waals surface area contributed by atoms with Crippen molar-refractivity contribution in [2.75, 3.05) is 0 Å². The fourth-order valence-corrected chi connectivity index (χ4v) is 4.27. The van der Waals surface area contributed by atoms with Crippen molar-refractivity contribution in [1.82, 2.24) is 0 Å². The van der Waals surface area contributed by atoms with Crippen LogP contribution in [0.2, 0.25) is 5.02 Å². The highest BCUT2D eigenvalue weighted by Crippen LogP contribution is 2.45. The van der Waals surface area contributed by atoms with Crippen LogP contribution in [-0.4, -0.2) is 0 Å². The first kappa shape index (κ1) is 19.0. The maximum absolute atomic E-state index is 7.33. The Morgan fingerprint density at radius 2 is 1.38 bits per heavy atom. The van der Waals surface area contributed by atoms with Gasteiger partial charge in [-0.2, -0.15) is 0 Å². The van der Waals surface area contributed by atoms with Crippen molar-refractivity contribution >= 4 is 23.2 Å². The van der Waals surface area contributed by atoms with Crippen molar-refractivity contribution in [2.45, 2.75) is 37.5 Å². The zero-order chi connectivity index (χ0) is 18.6. The van der Waals surface area contributed by atoms with Crippen molar-refractivity contribution in [3.63, 3.8) is 0 Å². The molecule has 3 aromatic rings. The average Bonchev–Trinajstić information content (AvgIpc) is 2.69. The Balaban J connectivity index is 2.12. The van der Waals surface area contributed by atoms with E-state index in [1.807, 2.05) is 42.5 Å².